The molecule has 0 aliphatic carbocycles. The van der Waals surface area contributed by atoms with Gasteiger partial charge in [0.1, 0.15) is 16.8 Å². The smallest absolute Gasteiger partial charge is 0.264 e. The molecule has 0 spiro atoms. The van der Waals surface area contributed by atoms with Crippen LogP contribution in [-0.2, 0) is 9.53 Å². The van der Waals surface area contributed by atoms with E-state index in [-0.39, 0.29) is 18.2 Å². The third-order valence-corrected chi connectivity index (χ3v) is 6.43. The van der Waals surface area contributed by atoms with Crippen LogP contribution in [-0.4, -0.2) is 49.6 Å². The first kappa shape index (κ1) is 23.4. The molecule has 0 bridgehead atoms. The summed E-state index contributed by atoms with van der Waals surface area (Å²) in [6.07, 6.45) is 0.649. The van der Waals surface area contributed by atoms with Gasteiger partial charge in [0.25, 0.3) is 5.91 Å². The summed E-state index contributed by atoms with van der Waals surface area (Å²) in [6, 6.07) is 7.03. The Morgan fingerprint density at radius 3 is 2.74 bits per heavy atom. The van der Waals surface area contributed by atoms with Gasteiger partial charge in [-0.05, 0) is 37.1 Å². The number of nitrogens with one attached hydrogen (secondary N) is 1. The maximum atomic E-state index is 12.8. The van der Waals surface area contributed by atoms with Crippen molar-refractivity contribution < 1.29 is 19.1 Å². The van der Waals surface area contributed by atoms with Gasteiger partial charge in [0.15, 0.2) is 0 Å². The summed E-state index contributed by atoms with van der Waals surface area (Å²) in [5.74, 6) is 0.100. The van der Waals surface area contributed by atoms with Crippen LogP contribution in [0.3, 0.4) is 0 Å². The lowest BCUT2D eigenvalue weighted by atomic mass is 10.1. The average Bonchev–Trinajstić information content (AvgIpc) is 3.07. The number of benzene rings is 1. The van der Waals surface area contributed by atoms with E-state index in [2.05, 4.69) is 11.4 Å². The van der Waals surface area contributed by atoms with Gasteiger partial charge in [-0.1, -0.05) is 23.2 Å². The number of hydrogen-bond acceptors (Lipinski definition) is 6. The molecular formula is C21H21Cl2N3O4S. The Labute approximate surface area is 194 Å². The number of anilines is 1. The zero-order chi connectivity index (χ0) is 22.4. The highest BCUT2D eigenvalue weighted by molar-refractivity contribution is 7.18. The van der Waals surface area contributed by atoms with Gasteiger partial charge in [0.05, 0.1) is 35.3 Å². The number of ether oxygens (including phenoxy) is 2. The van der Waals surface area contributed by atoms with Crippen LogP contribution in [0, 0.1) is 18.3 Å². The van der Waals surface area contributed by atoms with Crippen molar-refractivity contribution in [3.05, 3.63) is 44.2 Å². The van der Waals surface area contributed by atoms with E-state index in [0.29, 0.717) is 76.1 Å². The number of hydrogen-bond donors (Lipinski definition) is 1. The van der Waals surface area contributed by atoms with Crippen LogP contribution in [0.1, 0.15) is 33.6 Å². The average molecular weight is 482 g/mol. The van der Waals surface area contributed by atoms with E-state index < -0.39 is 0 Å². The highest BCUT2D eigenvalue weighted by Crippen LogP contribution is 2.34. The number of nitrogens with zero attached hydrogens (tertiary/aromatic N) is 2. The van der Waals surface area contributed by atoms with E-state index in [4.69, 9.17) is 32.7 Å². The standard InChI is InChI=1S/C21H21Cl2N3O4S/c1-13-15(12-24)20(31-19(13)21(28)26-6-9-29-10-7-26)25-18(27)3-2-8-30-17-5-4-14(22)11-16(17)23/h4-5,11H,2-3,6-10H2,1H3,(H,25,27). The van der Waals surface area contributed by atoms with E-state index in [1.54, 1.807) is 30.0 Å². The minimum atomic E-state index is -0.256. The fourth-order valence-corrected chi connectivity index (χ4v) is 4.65. The summed E-state index contributed by atoms with van der Waals surface area (Å²) in [5.41, 5.74) is 0.902. The third-order valence-electron chi connectivity index (χ3n) is 4.70. The van der Waals surface area contributed by atoms with Crippen molar-refractivity contribution in [3.63, 3.8) is 0 Å². The summed E-state index contributed by atoms with van der Waals surface area (Å²) in [7, 11) is 0. The molecule has 1 saturated heterocycles. The second-order valence-corrected chi connectivity index (χ2v) is 8.72. The Bertz CT molecular complexity index is 1010. The molecule has 1 fully saturated rings. The molecule has 0 unspecified atom stereocenters. The molecule has 0 radical (unpaired) electrons. The predicted molar refractivity (Wildman–Crippen MR) is 120 cm³/mol. The Balaban J connectivity index is 1.56. The highest BCUT2D eigenvalue weighted by Gasteiger charge is 2.26. The molecule has 3 rings (SSSR count). The zero-order valence-corrected chi connectivity index (χ0v) is 19.2. The lowest BCUT2D eigenvalue weighted by Gasteiger charge is -2.26. The molecule has 164 valence electrons. The zero-order valence-electron chi connectivity index (χ0n) is 16.9. The van der Waals surface area contributed by atoms with Crippen LogP contribution >= 0.6 is 34.5 Å². The maximum absolute atomic E-state index is 12.8. The van der Waals surface area contributed by atoms with Gasteiger partial charge >= 0.3 is 0 Å². The van der Waals surface area contributed by atoms with Crippen LogP contribution < -0.4 is 10.1 Å². The normalized spacial score (nSPS) is 13.5. The number of halogens is 2. The molecule has 0 saturated carbocycles. The second-order valence-electron chi connectivity index (χ2n) is 6.85. The van der Waals surface area contributed by atoms with Crippen molar-refractivity contribution in [3.8, 4) is 11.8 Å². The van der Waals surface area contributed by atoms with Gasteiger partial charge in [-0.25, -0.2) is 0 Å². The van der Waals surface area contributed by atoms with Crippen molar-refractivity contribution in [1.29, 1.82) is 5.26 Å². The Hall–Kier alpha value is -2.31. The van der Waals surface area contributed by atoms with Crippen molar-refractivity contribution in [2.75, 3.05) is 38.2 Å². The SMILES string of the molecule is Cc1c(C(=O)N2CCOCC2)sc(NC(=O)CCCOc2ccc(Cl)cc2Cl)c1C#N. The van der Waals surface area contributed by atoms with Gasteiger partial charge in [-0.2, -0.15) is 5.26 Å². The molecule has 1 aromatic heterocycles. The number of nitriles is 1. The second kappa shape index (κ2) is 10.8. The molecule has 2 amide bonds. The van der Waals surface area contributed by atoms with Gasteiger partial charge in [0.2, 0.25) is 5.91 Å². The molecule has 7 nitrogen and oxygen atoms in total. The Kier molecular flexibility index (Phi) is 8.15. The number of morpholine rings is 1. The topological polar surface area (TPSA) is 91.7 Å². The predicted octanol–water partition coefficient (Wildman–Crippen LogP) is 4.51. The number of thiophene rings is 1. The molecule has 2 aromatic rings. The molecule has 1 aliphatic heterocycles. The first-order valence-electron chi connectivity index (χ1n) is 9.69. The number of amides is 2. The van der Waals surface area contributed by atoms with Gasteiger partial charge in [0, 0.05) is 24.5 Å². The Morgan fingerprint density at radius 2 is 2.06 bits per heavy atom. The fraction of sp³-hybridized carbons (Fsp3) is 0.381. The van der Waals surface area contributed by atoms with Crippen molar-refractivity contribution >= 4 is 51.4 Å². The lowest BCUT2D eigenvalue weighted by Crippen LogP contribution is -2.40. The number of carbonyl (C=O) groups is 2. The van der Waals surface area contributed by atoms with Gasteiger partial charge in [-0.15, -0.1) is 11.3 Å². The molecule has 10 heteroatoms. The van der Waals surface area contributed by atoms with Crippen LogP contribution in [0.25, 0.3) is 0 Å². The van der Waals surface area contributed by atoms with Crippen LogP contribution in [0.4, 0.5) is 5.00 Å². The van der Waals surface area contributed by atoms with E-state index in [0.717, 1.165) is 11.3 Å². The lowest BCUT2D eigenvalue weighted by molar-refractivity contribution is -0.116. The number of rotatable bonds is 7. The molecular weight excluding hydrogens is 461 g/mol. The van der Waals surface area contributed by atoms with Gasteiger partial charge in [-0.3, -0.25) is 9.59 Å². The minimum absolute atomic E-state index is 0.143. The van der Waals surface area contributed by atoms with Crippen molar-refractivity contribution in [1.82, 2.24) is 4.90 Å². The highest BCUT2D eigenvalue weighted by atomic mass is 35.5. The summed E-state index contributed by atoms with van der Waals surface area (Å²) in [4.78, 5) is 27.3. The first-order chi connectivity index (χ1) is 14.9. The summed E-state index contributed by atoms with van der Waals surface area (Å²) in [6.45, 7) is 4.03. The minimum Gasteiger partial charge on any atom is -0.492 e. The Morgan fingerprint density at radius 1 is 1.32 bits per heavy atom. The summed E-state index contributed by atoms with van der Waals surface area (Å²) < 4.78 is 10.9. The van der Waals surface area contributed by atoms with Crippen LogP contribution in [0.15, 0.2) is 18.2 Å². The van der Waals surface area contributed by atoms with E-state index in [1.165, 1.54) is 0 Å². The molecule has 2 heterocycles. The molecule has 31 heavy (non-hydrogen) atoms. The summed E-state index contributed by atoms with van der Waals surface area (Å²) in [5, 5.41) is 13.6. The van der Waals surface area contributed by atoms with E-state index in [9.17, 15) is 14.9 Å². The first-order valence-corrected chi connectivity index (χ1v) is 11.3. The maximum Gasteiger partial charge on any atom is 0.264 e. The quantitative estimate of drug-likeness (QED) is 0.587. The molecule has 1 aromatic carbocycles. The summed E-state index contributed by atoms with van der Waals surface area (Å²) >= 11 is 13.0. The molecule has 1 aliphatic rings. The third kappa shape index (κ3) is 5.89. The van der Waals surface area contributed by atoms with Crippen LogP contribution in [0.2, 0.25) is 10.0 Å². The monoisotopic (exact) mass is 481 g/mol. The fourth-order valence-electron chi connectivity index (χ4n) is 3.05. The van der Waals surface area contributed by atoms with E-state index in [1.807, 2.05) is 0 Å². The molecule has 0 atom stereocenters. The van der Waals surface area contributed by atoms with Crippen molar-refractivity contribution in [2.45, 2.75) is 19.8 Å². The van der Waals surface area contributed by atoms with Crippen molar-refractivity contribution in [2.24, 2.45) is 0 Å². The van der Waals surface area contributed by atoms with Crippen LogP contribution in [0.5, 0.6) is 5.75 Å². The van der Waals surface area contributed by atoms with Gasteiger partial charge < -0.3 is 19.7 Å². The largest absolute Gasteiger partial charge is 0.492 e. The van der Waals surface area contributed by atoms with E-state index >= 15 is 0 Å². The molecule has 1 N–H and O–H groups in total. The number of carbonyl (C=O) groups excluding carboxylic acids is 2.